The zero-order chi connectivity index (χ0) is 24.7. The first-order valence-electron chi connectivity index (χ1n) is 11.0. The maximum absolute atomic E-state index is 12.8. The van der Waals surface area contributed by atoms with Crippen LogP contribution in [0.4, 0.5) is 40.0 Å². The molecular weight excluding hydrogens is 457 g/mol. The van der Waals surface area contributed by atoms with Crippen LogP contribution in [0.15, 0.2) is 28.8 Å². The van der Waals surface area contributed by atoms with Crippen molar-refractivity contribution in [3.63, 3.8) is 0 Å². The van der Waals surface area contributed by atoms with Crippen LogP contribution >= 0.6 is 0 Å². The van der Waals surface area contributed by atoms with E-state index in [0.29, 0.717) is 11.4 Å². The van der Waals surface area contributed by atoms with Crippen LogP contribution in [0.3, 0.4) is 0 Å². The zero-order valence-corrected chi connectivity index (χ0v) is 18.7. The highest BCUT2D eigenvalue weighted by atomic mass is 19.4. The smallest absolute Gasteiger partial charge is 0.449 e. The lowest BCUT2D eigenvalue weighted by Crippen LogP contribution is -2.38. The second kappa shape index (κ2) is 11.1. The number of hydrogen-bond donors (Lipinski definition) is 3. The summed E-state index contributed by atoms with van der Waals surface area (Å²) in [7, 11) is 0. The first kappa shape index (κ1) is 25.2. The molecule has 1 saturated carbocycles. The molecule has 0 bridgehead atoms. The number of carboxylic acid groups (broad SMARTS) is 1. The monoisotopic (exact) mass is 484 g/mol. The molecule has 0 spiro atoms. The molecule has 3 rings (SSSR count). The predicted octanol–water partition coefficient (Wildman–Crippen LogP) is 6.17. The van der Waals surface area contributed by atoms with Gasteiger partial charge in [-0.05, 0) is 38.3 Å². The fourth-order valence-corrected chi connectivity index (χ4v) is 4.07. The third-order valence-corrected chi connectivity index (χ3v) is 5.48. The van der Waals surface area contributed by atoms with Crippen LogP contribution in [0.25, 0.3) is 0 Å². The number of hydrogen-bond acceptors (Lipinski definition) is 6. The molecule has 1 fully saturated rings. The molecule has 0 saturated heterocycles. The van der Waals surface area contributed by atoms with E-state index in [1.54, 1.807) is 13.0 Å². The highest BCUT2D eigenvalue weighted by Gasteiger charge is 2.29. The number of aryl methyl sites for hydroxylation is 1. The maximum Gasteiger partial charge on any atom is 0.511 e. The minimum Gasteiger partial charge on any atom is -0.449 e. The minimum absolute atomic E-state index is 0.00460. The molecule has 9 nitrogen and oxygen atoms in total. The lowest BCUT2D eigenvalue weighted by molar-refractivity contribution is -0.135. The number of halogens is 3. The molecule has 0 radical (unpaired) electrons. The van der Waals surface area contributed by atoms with Crippen LogP contribution < -0.4 is 20.3 Å². The fraction of sp³-hybridized carbons (Fsp3) is 0.500. The molecule has 1 heterocycles. The van der Waals surface area contributed by atoms with E-state index in [0.717, 1.165) is 32.1 Å². The standard InChI is InChI=1S/C22H27F3N4O5/c1-14-12-19(28-34-14)27-20(30)26-17-13-16(33-21(31)32)8-9-18(17)29(11-5-10-22(23,24)25)15-6-3-2-4-7-15/h8-9,12-13,15H,2-7,10-11H2,1H3,(H,31,32)(H2,26,27,28,30). The van der Waals surface area contributed by atoms with E-state index in [-0.39, 0.29) is 36.3 Å². The van der Waals surface area contributed by atoms with E-state index in [1.807, 2.05) is 4.90 Å². The quantitative estimate of drug-likeness (QED) is 0.303. The summed E-state index contributed by atoms with van der Waals surface area (Å²) in [5.41, 5.74) is 0.687. The van der Waals surface area contributed by atoms with Crippen LogP contribution in [0.2, 0.25) is 0 Å². The summed E-state index contributed by atoms with van der Waals surface area (Å²) in [6.07, 6.45) is -2.26. The van der Waals surface area contributed by atoms with E-state index < -0.39 is 24.8 Å². The van der Waals surface area contributed by atoms with Gasteiger partial charge >= 0.3 is 18.4 Å². The van der Waals surface area contributed by atoms with Gasteiger partial charge in [-0.3, -0.25) is 5.32 Å². The Labute approximate surface area is 194 Å². The molecule has 34 heavy (non-hydrogen) atoms. The van der Waals surface area contributed by atoms with Crippen molar-refractivity contribution in [2.24, 2.45) is 0 Å². The number of aromatic nitrogens is 1. The molecular formula is C22H27F3N4O5. The normalized spacial score (nSPS) is 14.5. The van der Waals surface area contributed by atoms with Gasteiger partial charge in [0.15, 0.2) is 5.82 Å². The van der Waals surface area contributed by atoms with Gasteiger partial charge in [0, 0.05) is 31.1 Å². The van der Waals surface area contributed by atoms with Gasteiger partial charge in [-0.25, -0.2) is 9.59 Å². The number of alkyl halides is 3. The highest BCUT2D eigenvalue weighted by molar-refractivity contribution is 6.01. The molecule has 0 atom stereocenters. The summed E-state index contributed by atoms with van der Waals surface area (Å²) in [6.45, 7) is 1.78. The number of benzene rings is 1. The summed E-state index contributed by atoms with van der Waals surface area (Å²) >= 11 is 0. The van der Waals surface area contributed by atoms with Crippen molar-refractivity contribution in [2.45, 2.75) is 64.1 Å². The number of ether oxygens (including phenoxy) is 1. The Balaban J connectivity index is 1.88. The number of carbonyl (C=O) groups excluding carboxylic acids is 1. The van der Waals surface area contributed by atoms with Crippen LogP contribution in [0, 0.1) is 6.92 Å². The highest BCUT2D eigenvalue weighted by Crippen LogP contribution is 2.36. The van der Waals surface area contributed by atoms with Gasteiger partial charge in [0.1, 0.15) is 11.5 Å². The first-order chi connectivity index (χ1) is 16.1. The Bertz CT molecular complexity index is 989. The Kier molecular flexibility index (Phi) is 8.24. The Morgan fingerprint density at radius 3 is 2.56 bits per heavy atom. The predicted molar refractivity (Wildman–Crippen MR) is 118 cm³/mol. The molecule has 186 valence electrons. The van der Waals surface area contributed by atoms with Crippen LogP contribution in [-0.2, 0) is 0 Å². The average molecular weight is 484 g/mol. The topological polar surface area (TPSA) is 117 Å². The second-order valence-electron chi connectivity index (χ2n) is 8.15. The first-order valence-corrected chi connectivity index (χ1v) is 11.0. The van der Waals surface area contributed by atoms with Gasteiger partial charge in [-0.15, -0.1) is 0 Å². The van der Waals surface area contributed by atoms with Gasteiger partial charge < -0.3 is 24.6 Å². The third kappa shape index (κ3) is 7.56. The maximum atomic E-state index is 12.8. The lowest BCUT2D eigenvalue weighted by Gasteiger charge is -2.37. The Hall–Kier alpha value is -3.44. The summed E-state index contributed by atoms with van der Waals surface area (Å²) in [5.74, 6) is 0.618. The molecule has 2 amide bonds. The van der Waals surface area contributed by atoms with Gasteiger partial charge in [0.05, 0.1) is 11.4 Å². The van der Waals surface area contributed by atoms with Crippen LogP contribution in [0.1, 0.15) is 50.7 Å². The van der Waals surface area contributed by atoms with Gasteiger partial charge in [-0.1, -0.05) is 24.4 Å². The molecule has 0 aliphatic heterocycles. The average Bonchev–Trinajstić information content (AvgIpc) is 3.15. The van der Waals surface area contributed by atoms with Crippen molar-refractivity contribution in [3.05, 3.63) is 30.0 Å². The van der Waals surface area contributed by atoms with Crippen molar-refractivity contribution in [1.29, 1.82) is 0 Å². The Morgan fingerprint density at radius 2 is 1.94 bits per heavy atom. The number of urea groups is 1. The van der Waals surface area contributed by atoms with E-state index in [2.05, 4.69) is 15.8 Å². The Morgan fingerprint density at radius 1 is 1.21 bits per heavy atom. The summed E-state index contributed by atoms with van der Waals surface area (Å²) < 4.78 is 48.1. The van der Waals surface area contributed by atoms with Gasteiger partial charge in [0.2, 0.25) is 0 Å². The van der Waals surface area contributed by atoms with Crippen molar-refractivity contribution in [2.75, 3.05) is 22.1 Å². The van der Waals surface area contributed by atoms with Gasteiger partial charge in [0.25, 0.3) is 0 Å². The summed E-state index contributed by atoms with van der Waals surface area (Å²) in [4.78, 5) is 25.4. The SMILES string of the molecule is Cc1cc(NC(=O)Nc2cc(OC(=O)O)ccc2N(CCCC(F)(F)F)C2CCCCC2)no1. The number of rotatable bonds is 8. The number of nitrogens with zero attached hydrogens (tertiary/aromatic N) is 2. The van der Waals surface area contributed by atoms with Crippen molar-refractivity contribution >= 4 is 29.4 Å². The van der Waals surface area contributed by atoms with Gasteiger partial charge in [-0.2, -0.15) is 13.2 Å². The van der Waals surface area contributed by atoms with Crippen LogP contribution in [-0.4, -0.2) is 41.2 Å². The van der Waals surface area contributed by atoms with Crippen molar-refractivity contribution < 1.29 is 37.1 Å². The van der Waals surface area contributed by atoms with Crippen molar-refractivity contribution in [3.8, 4) is 5.75 Å². The number of amides is 2. The van der Waals surface area contributed by atoms with E-state index in [4.69, 9.17) is 14.4 Å². The molecule has 1 aliphatic rings. The van der Waals surface area contributed by atoms with Crippen LogP contribution in [0.5, 0.6) is 5.75 Å². The zero-order valence-electron chi connectivity index (χ0n) is 18.7. The second-order valence-corrected chi connectivity index (χ2v) is 8.15. The number of carbonyl (C=O) groups is 2. The minimum atomic E-state index is -4.27. The molecule has 2 aromatic rings. The van der Waals surface area contributed by atoms with E-state index >= 15 is 0 Å². The summed E-state index contributed by atoms with van der Waals surface area (Å²) in [6, 6.07) is 5.12. The lowest BCUT2D eigenvalue weighted by atomic mass is 9.93. The van der Waals surface area contributed by atoms with E-state index in [1.165, 1.54) is 18.2 Å². The molecule has 0 unspecified atom stereocenters. The molecule has 3 N–H and O–H groups in total. The number of anilines is 3. The molecule has 1 aliphatic carbocycles. The summed E-state index contributed by atoms with van der Waals surface area (Å²) in [5, 5.41) is 17.8. The molecule has 1 aromatic heterocycles. The number of nitrogens with one attached hydrogen (secondary N) is 2. The molecule has 1 aromatic carbocycles. The molecule has 12 heteroatoms. The van der Waals surface area contributed by atoms with E-state index in [9.17, 15) is 22.8 Å². The van der Waals surface area contributed by atoms with Crippen molar-refractivity contribution in [1.82, 2.24) is 5.16 Å². The largest absolute Gasteiger partial charge is 0.511 e. The fourth-order valence-electron chi connectivity index (χ4n) is 4.07. The third-order valence-electron chi connectivity index (χ3n) is 5.48.